The first-order valence-electron chi connectivity index (χ1n) is 11.0. The Kier molecular flexibility index (Phi) is 10.1. The molecule has 0 bridgehead atoms. The fraction of sp³-hybridized carbons (Fsp3) is 0.455. The summed E-state index contributed by atoms with van der Waals surface area (Å²) in [5.74, 6) is -6.37. The number of carboxylic acids is 2. The van der Waals surface area contributed by atoms with E-state index in [0.29, 0.717) is 18.5 Å². The number of primary amides is 1. The van der Waals surface area contributed by atoms with Gasteiger partial charge in [-0.05, 0) is 24.9 Å². The molecule has 4 amide bonds. The molecular formula is C22H29N5O8. The van der Waals surface area contributed by atoms with Crippen LogP contribution in [0.15, 0.2) is 30.3 Å². The second-order valence-corrected chi connectivity index (χ2v) is 8.13. The van der Waals surface area contributed by atoms with E-state index in [-0.39, 0.29) is 6.42 Å². The minimum absolute atomic E-state index is 0.0615. The van der Waals surface area contributed by atoms with Crippen molar-refractivity contribution in [2.45, 2.75) is 56.3 Å². The number of nitrogens with two attached hydrogens (primary N) is 1. The van der Waals surface area contributed by atoms with E-state index in [1.165, 1.54) is 0 Å². The maximum atomic E-state index is 13.1. The fourth-order valence-corrected chi connectivity index (χ4v) is 3.57. The SMILES string of the molecule is NC(=O)CC(NC(=O)C(CC(=O)O)NC(=O)C(Cc1ccccc1)NC(=O)C1CCCN1)C(=O)O. The molecule has 1 heterocycles. The summed E-state index contributed by atoms with van der Waals surface area (Å²) in [6.07, 6.45) is -0.144. The third kappa shape index (κ3) is 9.04. The maximum Gasteiger partial charge on any atom is 0.326 e. The molecule has 13 nitrogen and oxygen atoms in total. The summed E-state index contributed by atoms with van der Waals surface area (Å²) < 4.78 is 0. The fourth-order valence-electron chi connectivity index (χ4n) is 3.57. The third-order valence-corrected chi connectivity index (χ3v) is 5.32. The average Bonchev–Trinajstić information content (AvgIpc) is 3.33. The second-order valence-electron chi connectivity index (χ2n) is 8.13. The first-order chi connectivity index (χ1) is 16.6. The highest BCUT2D eigenvalue weighted by Crippen LogP contribution is 2.09. The Balaban J connectivity index is 2.19. The van der Waals surface area contributed by atoms with Crippen LogP contribution >= 0.6 is 0 Å². The molecule has 1 aromatic rings. The van der Waals surface area contributed by atoms with Crippen LogP contribution < -0.4 is 27.0 Å². The lowest BCUT2D eigenvalue weighted by Crippen LogP contribution is -2.58. The molecule has 0 radical (unpaired) electrons. The number of hydrogen-bond acceptors (Lipinski definition) is 7. The van der Waals surface area contributed by atoms with Gasteiger partial charge in [0.1, 0.15) is 18.1 Å². The van der Waals surface area contributed by atoms with Crippen LogP contribution in [-0.2, 0) is 35.2 Å². The number of nitrogens with one attached hydrogen (secondary N) is 4. The standard InChI is InChI=1S/C22H29N5O8/c23-17(28)10-16(22(34)35)27-21(33)15(11-18(29)30)26-20(32)14(9-12-5-2-1-3-6-12)25-19(31)13-7-4-8-24-13/h1-3,5-6,13-16,24H,4,7-11H2,(H2,23,28)(H,25,31)(H,26,32)(H,27,33)(H,29,30)(H,34,35). The summed E-state index contributed by atoms with van der Waals surface area (Å²) in [7, 11) is 0. The minimum atomic E-state index is -1.71. The van der Waals surface area contributed by atoms with E-state index in [0.717, 1.165) is 6.42 Å². The number of benzene rings is 1. The van der Waals surface area contributed by atoms with Crippen molar-refractivity contribution in [2.24, 2.45) is 5.73 Å². The summed E-state index contributed by atoms with van der Waals surface area (Å²) in [4.78, 5) is 72.1. The quantitative estimate of drug-likeness (QED) is 0.160. The van der Waals surface area contributed by atoms with Gasteiger partial charge in [-0.25, -0.2) is 4.79 Å². The monoisotopic (exact) mass is 491 g/mol. The van der Waals surface area contributed by atoms with Crippen LogP contribution in [0.4, 0.5) is 0 Å². The van der Waals surface area contributed by atoms with Gasteiger partial charge in [0.2, 0.25) is 23.6 Å². The van der Waals surface area contributed by atoms with Crippen molar-refractivity contribution < 1.29 is 39.0 Å². The average molecular weight is 492 g/mol. The molecule has 0 aliphatic carbocycles. The number of aliphatic carboxylic acids is 2. The van der Waals surface area contributed by atoms with Crippen molar-refractivity contribution in [3.63, 3.8) is 0 Å². The highest BCUT2D eigenvalue weighted by atomic mass is 16.4. The van der Waals surface area contributed by atoms with Gasteiger partial charge in [0, 0.05) is 6.42 Å². The van der Waals surface area contributed by atoms with Crippen LogP contribution in [-0.4, -0.2) is 76.5 Å². The zero-order valence-electron chi connectivity index (χ0n) is 18.9. The summed E-state index contributed by atoms with van der Waals surface area (Å²) >= 11 is 0. The van der Waals surface area contributed by atoms with Crippen LogP contribution in [0.5, 0.6) is 0 Å². The van der Waals surface area contributed by atoms with Gasteiger partial charge in [0.05, 0.1) is 18.9 Å². The maximum absolute atomic E-state index is 13.1. The highest BCUT2D eigenvalue weighted by molar-refractivity contribution is 5.96. The number of carbonyl (C=O) groups excluding carboxylic acids is 4. The van der Waals surface area contributed by atoms with E-state index >= 15 is 0 Å². The minimum Gasteiger partial charge on any atom is -0.481 e. The second kappa shape index (κ2) is 13.0. The topological polar surface area (TPSA) is 217 Å². The zero-order valence-corrected chi connectivity index (χ0v) is 18.9. The van der Waals surface area contributed by atoms with Gasteiger partial charge >= 0.3 is 11.9 Å². The largest absolute Gasteiger partial charge is 0.481 e. The summed E-state index contributed by atoms with van der Waals surface area (Å²) in [5.41, 5.74) is 5.70. The van der Waals surface area contributed by atoms with Crippen LogP contribution in [0.2, 0.25) is 0 Å². The van der Waals surface area contributed by atoms with Crippen LogP contribution in [0.25, 0.3) is 0 Å². The van der Waals surface area contributed by atoms with Gasteiger partial charge < -0.3 is 37.2 Å². The lowest BCUT2D eigenvalue weighted by molar-refractivity contribution is -0.144. The lowest BCUT2D eigenvalue weighted by atomic mass is 10.0. The van der Waals surface area contributed by atoms with E-state index in [4.69, 9.17) is 5.73 Å². The summed E-state index contributed by atoms with van der Waals surface area (Å²) in [5, 5.41) is 28.4. The molecule has 35 heavy (non-hydrogen) atoms. The molecule has 8 N–H and O–H groups in total. The molecule has 1 fully saturated rings. The number of carbonyl (C=O) groups is 6. The van der Waals surface area contributed by atoms with E-state index in [1.807, 2.05) is 5.32 Å². The molecule has 0 saturated carbocycles. The number of hydrogen-bond donors (Lipinski definition) is 7. The van der Waals surface area contributed by atoms with Gasteiger partial charge in [0.15, 0.2) is 0 Å². The Morgan fingerprint density at radius 1 is 0.914 bits per heavy atom. The zero-order chi connectivity index (χ0) is 26.0. The van der Waals surface area contributed by atoms with Gasteiger partial charge in [-0.15, -0.1) is 0 Å². The normalized spacial score (nSPS) is 17.4. The molecule has 190 valence electrons. The van der Waals surface area contributed by atoms with Crippen molar-refractivity contribution in [3.05, 3.63) is 35.9 Å². The predicted molar refractivity (Wildman–Crippen MR) is 121 cm³/mol. The van der Waals surface area contributed by atoms with Crippen molar-refractivity contribution in [3.8, 4) is 0 Å². The first kappa shape index (κ1) is 27.2. The van der Waals surface area contributed by atoms with Gasteiger partial charge in [0.25, 0.3) is 0 Å². The molecule has 0 aromatic heterocycles. The van der Waals surface area contributed by atoms with Crippen molar-refractivity contribution in [1.29, 1.82) is 0 Å². The molecule has 4 unspecified atom stereocenters. The van der Waals surface area contributed by atoms with Crippen molar-refractivity contribution >= 4 is 35.6 Å². The Morgan fingerprint density at radius 2 is 1.54 bits per heavy atom. The van der Waals surface area contributed by atoms with Gasteiger partial charge in [-0.1, -0.05) is 30.3 Å². The Morgan fingerprint density at radius 3 is 2.09 bits per heavy atom. The molecule has 1 aliphatic rings. The Hall–Kier alpha value is -4.00. The molecular weight excluding hydrogens is 462 g/mol. The number of carboxylic acid groups (broad SMARTS) is 2. The summed E-state index contributed by atoms with van der Waals surface area (Å²) in [6, 6.07) is 3.74. The van der Waals surface area contributed by atoms with E-state index in [2.05, 4.69) is 16.0 Å². The number of rotatable bonds is 13. The Bertz CT molecular complexity index is 948. The van der Waals surface area contributed by atoms with E-state index < -0.39 is 72.6 Å². The molecule has 2 rings (SSSR count). The third-order valence-electron chi connectivity index (χ3n) is 5.32. The number of amides is 4. The van der Waals surface area contributed by atoms with Crippen molar-refractivity contribution in [2.75, 3.05) is 6.54 Å². The summed E-state index contributed by atoms with van der Waals surface area (Å²) in [6.45, 7) is 0.657. The molecule has 13 heteroatoms. The molecule has 1 aliphatic heterocycles. The highest BCUT2D eigenvalue weighted by Gasteiger charge is 2.33. The van der Waals surface area contributed by atoms with Crippen LogP contribution in [0, 0.1) is 0 Å². The lowest BCUT2D eigenvalue weighted by Gasteiger charge is -2.24. The predicted octanol–water partition coefficient (Wildman–Crippen LogP) is -2.13. The first-order valence-corrected chi connectivity index (χ1v) is 11.0. The van der Waals surface area contributed by atoms with Crippen molar-refractivity contribution in [1.82, 2.24) is 21.3 Å². The molecule has 1 aromatic carbocycles. The molecule has 4 atom stereocenters. The smallest absolute Gasteiger partial charge is 0.326 e. The Labute approximate surface area is 200 Å². The van der Waals surface area contributed by atoms with Crippen LogP contribution in [0.3, 0.4) is 0 Å². The molecule has 0 spiro atoms. The van der Waals surface area contributed by atoms with Crippen LogP contribution in [0.1, 0.15) is 31.2 Å². The van der Waals surface area contributed by atoms with Gasteiger partial charge in [-0.3, -0.25) is 24.0 Å². The van der Waals surface area contributed by atoms with E-state index in [9.17, 15) is 39.0 Å². The molecule has 1 saturated heterocycles. The van der Waals surface area contributed by atoms with E-state index in [1.54, 1.807) is 30.3 Å². The van der Waals surface area contributed by atoms with Gasteiger partial charge in [-0.2, -0.15) is 0 Å².